The minimum Gasteiger partial charge on any atom is -0.508 e. The Morgan fingerprint density at radius 2 is 1.83 bits per heavy atom. The Morgan fingerprint density at radius 3 is 2.53 bits per heavy atom. The molecular weight excluding hydrogens is 612 g/mol. The molecule has 1 aliphatic heterocycles. The van der Waals surface area contributed by atoms with Gasteiger partial charge in [0.2, 0.25) is 5.79 Å². The van der Waals surface area contributed by atoms with Gasteiger partial charge in [-0.25, -0.2) is 0 Å². The Labute approximate surface area is 284 Å². The number of rotatable bonds is 16. The lowest BCUT2D eigenvalue weighted by Gasteiger charge is -2.58. The Balaban J connectivity index is 1.67. The van der Waals surface area contributed by atoms with Crippen molar-refractivity contribution in [3.63, 3.8) is 0 Å². The van der Waals surface area contributed by atoms with E-state index in [2.05, 4.69) is 29.8 Å². The molecule has 8 nitrogen and oxygen atoms in total. The lowest BCUT2D eigenvalue weighted by molar-refractivity contribution is -0.223. The normalized spacial score (nSPS) is 27.4. The van der Waals surface area contributed by atoms with Crippen LogP contribution in [0.2, 0.25) is 0 Å². The standard InChI is InChI=1S/C38H52N2O6S/c1-5-21-44-38-34(47-22-16-26-14-17-39-18-15-26)25-32(40-46-37(2,3)4)30-23-27(10-6-8-19-41)29(11-7-9-20-42)35(36(30)38)31-24-28(43)12-13-33(31)45-38/h5,12-15,17-18,23-24,27,29,34-36,41-43H,1,6-11,16,19-22,25H2,2-4H3. The second kappa shape index (κ2) is 16.0. The number of unbranched alkanes of at least 4 members (excludes halogenated alkanes) is 2. The van der Waals surface area contributed by atoms with Crippen LogP contribution in [0.3, 0.4) is 0 Å². The molecule has 0 radical (unpaired) electrons. The SMILES string of the molecule is C=CCOC12Oc3ccc(O)cc3C3C(CCCCO)C(CCCCO)C=C(C(=NOC(C)(C)C)CC1SCCc1ccncc1)C32. The molecule has 6 unspecified atom stereocenters. The zero-order valence-electron chi connectivity index (χ0n) is 28.1. The second-order valence-electron chi connectivity index (χ2n) is 13.9. The van der Waals surface area contributed by atoms with Crippen molar-refractivity contribution >= 4 is 17.5 Å². The van der Waals surface area contributed by atoms with Crippen molar-refractivity contribution in [3.8, 4) is 11.5 Å². The first-order chi connectivity index (χ1) is 22.7. The molecule has 3 N–H and O–H groups in total. The number of aromatic nitrogens is 1. The smallest absolute Gasteiger partial charge is 0.230 e. The third-order valence-corrected chi connectivity index (χ3v) is 10.9. The van der Waals surface area contributed by atoms with E-state index in [1.165, 1.54) is 5.56 Å². The maximum absolute atomic E-state index is 10.8. The number of phenols is 1. The number of aliphatic hydroxyl groups is 2. The zero-order chi connectivity index (χ0) is 33.4. The monoisotopic (exact) mass is 664 g/mol. The van der Waals surface area contributed by atoms with Gasteiger partial charge in [-0.3, -0.25) is 4.98 Å². The van der Waals surface area contributed by atoms with Gasteiger partial charge < -0.3 is 29.6 Å². The molecule has 2 aromatic rings. The number of aromatic hydroxyl groups is 1. The Morgan fingerprint density at radius 1 is 1.09 bits per heavy atom. The van der Waals surface area contributed by atoms with E-state index in [1.807, 2.05) is 57.1 Å². The third-order valence-electron chi connectivity index (χ3n) is 9.52. The van der Waals surface area contributed by atoms with Gasteiger partial charge in [0.15, 0.2) is 0 Å². The Kier molecular flexibility index (Phi) is 12.1. The number of aliphatic hydroxyl groups excluding tert-OH is 2. The fourth-order valence-corrected chi connectivity index (χ4v) is 8.95. The summed E-state index contributed by atoms with van der Waals surface area (Å²) in [6.45, 7) is 10.7. The Bertz CT molecular complexity index is 1390. The number of hydrogen-bond acceptors (Lipinski definition) is 9. The van der Waals surface area contributed by atoms with Crippen molar-refractivity contribution in [3.05, 3.63) is 78.2 Å². The van der Waals surface area contributed by atoms with Gasteiger partial charge in [0, 0.05) is 43.5 Å². The average molecular weight is 665 g/mol. The highest BCUT2D eigenvalue weighted by Gasteiger charge is 2.63. The fourth-order valence-electron chi connectivity index (χ4n) is 7.55. The molecule has 6 atom stereocenters. The van der Waals surface area contributed by atoms with E-state index in [0.717, 1.165) is 73.3 Å². The van der Waals surface area contributed by atoms with Crippen molar-refractivity contribution in [2.24, 2.45) is 22.9 Å². The summed E-state index contributed by atoms with van der Waals surface area (Å²) in [5, 5.41) is 34.9. The van der Waals surface area contributed by atoms with Gasteiger partial charge in [-0.2, -0.15) is 11.8 Å². The molecule has 1 fully saturated rings. The van der Waals surface area contributed by atoms with E-state index < -0.39 is 11.4 Å². The van der Waals surface area contributed by atoms with Crippen molar-refractivity contribution < 1.29 is 29.6 Å². The van der Waals surface area contributed by atoms with Crippen LogP contribution in [0.5, 0.6) is 11.5 Å². The number of allylic oxidation sites excluding steroid dienone is 1. The van der Waals surface area contributed by atoms with E-state index in [0.29, 0.717) is 13.0 Å². The molecule has 0 saturated heterocycles. The minimum absolute atomic E-state index is 0.0306. The predicted octanol–water partition coefficient (Wildman–Crippen LogP) is 7.20. The van der Waals surface area contributed by atoms with Gasteiger partial charge in [0.25, 0.3) is 0 Å². The molecule has 2 aliphatic carbocycles. The summed E-state index contributed by atoms with van der Waals surface area (Å²) < 4.78 is 14.0. The maximum Gasteiger partial charge on any atom is 0.230 e. The minimum atomic E-state index is -1.01. The number of hydrogen-bond donors (Lipinski definition) is 3. The van der Waals surface area contributed by atoms with Crippen molar-refractivity contribution in [1.82, 2.24) is 4.98 Å². The number of aryl methyl sites for hydroxylation is 1. The van der Waals surface area contributed by atoms with Crippen LogP contribution in [0, 0.1) is 17.8 Å². The summed E-state index contributed by atoms with van der Waals surface area (Å²) in [5.41, 5.74) is 3.76. The molecule has 1 aromatic carbocycles. The van der Waals surface area contributed by atoms with Crippen LogP contribution in [0.1, 0.15) is 82.8 Å². The number of thioether (sulfide) groups is 1. The number of fused-ring (bicyclic) bond motifs is 2. The number of oxime groups is 1. The summed E-state index contributed by atoms with van der Waals surface area (Å²) >= 11 is 1.84. The molecule has 2 heterocycles. The first-order valence-corrected chi connectivity index (χ1v) is 18.2. The molecule has 1 saturated carbocycles. The van der Waals surface area contributed by atoms with E-state index in [9.17, 15) is 15.3 Å². The van der Waals surface area contributed by atoms with Crippen LogP contribution >= 0.6 is 11.8 Å². The van der Waals surface area contributed by atoms with Gasteiger partial charge >= 0.3 is 0 Å². The second-order valence-corrected chi connectivity index (χ2v) is 15.3. The lowest BCUT2D eigenvalue weighted by Crippen LogP contribution is -2.64. The summed E-state index contributed by atoms with van der Waals surface area (Å²) in [6.07, 6.45) is 14.4. The molecule has 0 bridgehead atoms. The molecule has 3 aliphatic rings. The molecule has 1 aromatic heterocycles. The molecular formula is C38H52N2O6S. The van der Waals surface area contributed by atoms with E-state index in [1.54, 1.807) is 12.1 Å². The molecule has 256 valence electrons. The van der Waals surface area contributed by atoms with Crippen molar-refractivity contribution in [2.45, 2.75) is 94.7 Å². The van der Waals surface area contributed by atoms with Crippen LogP contribution in [-0.4, -0.2) is 68.2 Å². The summed E-state index contributed by atoms with van der Waals surface area (Å²) in [7, 11) is 0. The number of benzene rings is 1. The molecule has 47 heavy (non-hydrogen) atoms. The van der Waals surface area contributed by atoms with Gasteiger partial charge in [0.05, 0.1) is 23.5 Å². The number of nitrogens with zero attached hydrogens (tertiary/aromatic N) is 2. The molecule has 9 heteroatoms. The highest BCUT2D eigenvalue weighted by Crippen LogP contribution is 2.62. The lowest BCUT2D eigenvalue weighted by atomic mass is 9.56. The summed E-state index contributed by atoms with van der Waals surface area (Å²) in [4.78, 5) is 10.3. The highest BCUT2D eigenvalue weighted by atomic mass is 32.2. The van der Waals surface area contributed by atoms with Gasteiger partial charge in [-0.05, 0) is 112 Å². The first kappa shape index (κ1) is 35.5. The number of pyridine rings is 1. The third kappa shape index (κ3) is 8.24. The van der Waals surface area contributed by atoms with Gasteiger partial charge in [0.1, 0.15) is 17.1 Å². The van der Waals surface area contributed by atoms with Crippen molar-refractivity contribution in [2.75, 3.05) is 25.6 Å². The Hall–Kier alpha value is -2.85. The quantitative estimate of drug-likeness (QED) is 0.0982. The largest absolute Gasteiger partial charge is 0.508 e. The highest BCUT2D eigenvalue weighted by molar-refractivity contribution is 8.00. The number of ether oxygens (including phenoxy) is 2. The van der Waals surface area contributed by atoms with Crippen LogP contribution in [0.25, 0.3) is 0 Å². The van der Waals surface area contributed by atoms with Crippen LogP contribution in [0.4, 0.5) is 0 Å². The molecule has 5 rings (SSSR count). The fraction of sp³-hybridized carbons (Fsp3) is 0.579. The zero-order valence-corrected chi connectivity index (χ0v) is 29.0. The van der Waals surface area contributed by atoms with Crippen molar-refractivity contribution in [1.29, 1.82) is 0 Å². The van der Waals surface area contributed by atoms with E-state index >= 15 is 0 Å². The van der Waals surface area contributed by atoms with Crippen LogP contribution in [-0.2, 0) is 16.0 Å². The van der Waals surface area contributed by atoms with Crippen LogP contribution < -0.4 is 4.74 Å². The number of phenolic OH excluding ortho intramolecular Hbond substituents is 1. The summed E-state index contributed by atoms with van der Waals surface area (Å²) in [6, 6.07) is 9.56. The predicted molar refractivity (Wildman–Crippen MR) is 188 cm³/mol. The summed E-state index contributed by atoms with van der Waals surface area (Å²) in [5.74, 6) is 0.959. The average Bonchev–Trinajstić information content (AvgIpc) is 3.05. The van der Waals surface area contributed by atoms with E-state index in [4.69, 9.17) is 19.5 Å². The molecule has 0 amide bonds. The van der Waals surface area contributed by atoms with Gasteiger partial charge in [-0.1, -0.05) is 30.1 Å². The van der Waals surface area contributed by atoms with Gasteiger partial charge in [-0.15, -0.1) is 6.58 Å². The molecule has 0 spiro atoms. The van der Waals surface area contributed by atoms with E-state index in [-0.39, 0.29) is 47.9 Å². The van der Waals surface area contributed by atoms with Crippen LogP contribution in [0.15, 0.2) is 72.2 Å². The topological polar surface area (TPSA) is 114 Å². The first-order valence-electron chi connectivity index (χ1n) is 17.2. The maximum atomic E-state index is 10.8.